The molecule has 1 aromatic carbocycles. The highest BCUT2D eigenvalue weighted by Crippen LogP contribution is 2.24. The summed E-state index contributed by atoms with van der Waals surface area (Å²) < 4.78 is 0. The summed E-state index contributed by atoms with van der Waals surface area (Å²) in [6, 6.07) is 8.56. The summed E-state index contributed by atoms with van der Waals surface area (Å²) in [5.41, 5.74) is 8.36. The number of nitrogens with one attached hydrogen (secondary N) is 1. The van der Waals surface area contributed by atoms with Gasteiger partial charge in [-0.2, -0.15) is 0 Å². The zero-order chi connectivity index (χ0) is 13.1. The van der Waals surface area contributed by atoms with Crippen molar-refractivity contribution in [1.29, 1.82) is 0 Å². The lowest BCUT2D eigenvalue weighted by atomic mass is 9.94. The van der Waals surface area contributed by atoms with Gasteiger partial charge in [0.25, 0.3) is 0 Å². The van der Waals surface area contributed by atoms with Crippen molar-refractivity contribution in [2.45, 2.75) is 25.8 Å². The molecule has 1 aromatic heterocycles. The number of aromatic nitrogens is 1. The van der Waals surface area contributed by atoms with Gasteiger partial charge in [-0.15, -0.1) is 0 Å². The molecule has 19 heavy (non-hydrogen) atoms. The van der Waals surface area contributed by atoms with Crippen molar-refractivity contribution in [3.05, 3.63) is 36.0 Å². The topological polar surface area (TPSA) is 45.0 Å². The lowest BCUT2D eigenvalue weighted by Gasteiger charge is -2.32. The van der Waals surface area contributed by atoms with Gasteiger partial charge in [0.05, 0.1) is 0 Å². The molecule has 1 aliphatic rings. The number of aromatic amines is 1. The largest absolute Gasteiger partial charge is 0.361 e. The number of hydrogen-bond donors (Lipinski definition) is 2. The Morgan fingerprint density at radius 2 is 2.21 bits per heavy atom. The molecule has 2 aromatic rings. The van der Waals surface area contributed by atoms with Crippen molar-refractivity contribution in [3.63, 3.8) is 0 Å². The van der Waals surface area contributed by atoms with E-state index in [1.807, 2.05) is 0 Å². The second-order valence-corrected chi connectivity index (χ2v) is 5.68. The summed E-state index contributed by atoms with van der Waals surface area (Å²) in [4.78, 5) is 5.95. The highest BCUT2D eigenvalue weighted by molar-refractivity contribution is 5.82. The molecule has 1 aliphatic heterocycles. The van der Waals surface area contributed by atoms with E-state index in [1.165, 1.54) is 48.8 Å². The molecule has 2 heterocycles. The zero-order valence-electron chi connectivity index (χ0n) is 11.4. The Morgan fingerprint density at radius 1 is 1.32 bits per heavy atom. The molecular formula is C16H23N3. The van der Waals surface area contributed by atoms with E-state index in [0.29, 0.717) is 0 Å². The summed E-state index contributed by atoms with van der Waals surface area (Å²) in [7, 11) is 0. The van der Waals surface area contributed by atoms with Crippen molar-refractivity contribution < 1.29 is 0 Å². The summed E-state index contributed by atoms with van der Waals surface area (Å²) in [6.07, 6.45) is 6.00. The molecule has 0 radical (unpaired) electrons. The Kier molecular flexibility index (Phi) is 3.85. The monoisotopic (exact) mass is 257 g/mol. The molecule has 1 unspecified atom stereocenters. The molecule has 3 heteroatoms. The fraction of sp³-hybridized carbons (Fsp3) is 0.500. The SMILES string of the molecule is NCCC1CCCN(Cc2c[nH]c3ccccc23)C1. The number of nitrogens with two attached hydrogens (primary N) is 1. The van der Waals surface area contributed by atoms with E-state index in [-0.39, 0.29) is 0 Å². The normalized spacial score (nSPS) is 21.0. The summed E-state index contributed by atoms with van der Waals surface area (Å²) in [5.74, 6) is 0.795. The van der Waals surface area contributed by atoms with Crippen molar-refractivity contribution in [2.24, 2.45) is 11.7 Å². The molecule has 3 rings (SSSR count). The van der Waals surface area contributed by atoms with Gasteiger partial charge in [0.15, 0.2) is 0 Å². The van der Waals surface area contributed by atoms with Crippen LogP contribution < -0.4 is 5.73 Å². The van der Waals surface area contributed by atoms with Crippen LogP contribution in [-0.2, 0) is 6.54 Å². The summed E-state index contributed by atoms with van der Waals surface area (Å²) >= 11 is 0. The van der Waals surface area contributed by atoms with Gasteiger partial charge < -0.3 is 10.7 Å². The second kappa shape index (κ2) is 5.76. The van der Waals surface area contributed by atoms with Crippen LogP contribution in [0.15, 0.2) is 30.5 Å². The minimum atomic E-state index is 0.795. The van der Waals surface area contributed by atoms with Gasteiger partial charge in [-0.3, -0.25) is 4.90 Å². The fourth-order valence-corrected chi connectivity index (χ4v) is 3.27. The van der Waals surface area contributed by atoms with Gasteiger partial charge in [0.2, 0.25) is 0 Å². The van der Waals surface area contributed by atoms with Gasteiger partial charge in [-0.05, 0) is 49.9 Å². The van der Waals surface area contributed by atoms with Crippen LogP contribution in [0.4, 0.5) is 0 Å². The summed E-state index contributed by atoms with van der Waals surface area (Å²) in [5, 5.41) is 1.36. The van der Waals surface area contributed by atoms with Gasteiger partial charge in [0, 0.05) is 30.2 Å². The molecule has 1 atom stereocenters. The lowest BCUT2D eigenvalue weighted by Crippen LogP contribution is -2.35. The van der Waals surface area contributed by atoms with Crippen molar-refractivity contribution in [1.82, 2.24) is 9.88 Å². The van der Waals surface area contributed by atoms with Crippen molar-refractivity contribution in [2.75, 3.05) is 19.6 Å². The average molecular weight is 257 g/mol. The van der Waals surface area contributed by atoms with Crippen LogP contribution in [0.1, 0.15) is 24.8 Å². The van der Waals surface area contributed by atoms with Crippen LogP contribution >= 0.6 is 0 Å². The predicted octanol–water partition coefficient (Wildman–Crippen LogP) is 2.73. The molecule has 1 saturated heterocycles. The fourth-order valence-electron chi connectivity index (χ4n) is 3.27. The first kappa shape index (κ1) is 12.7. The molecule has 1 fully saturated rings. The van der Waals surface area contributed by atoms with Crippen LogP contribution in [0.3, 0.4) is 0 Å². The number of rotatable bonds is 4. The van der Waals surface area contributed by atoms with E-state index in [0.717, 1.165) is 19.0 Å². The molecule has 3 N–H and O–H groups in total. The first-order valence-electron chi connectivity index (χ1n) is 7.34. The van der Waals surface area contributed by atoms with Crippen LogP contribution in [0.25, 0.3) is 10.9 Å². The Balaban J connectivity index is 1.70. The first-order valence-corrected chi connectivity index (χ1v) is 7.34. The van der Waals surface area contributed by atoms with E-state index in [1.54, 1.807) is 0 Å². The maximum Gasteiger partial charge on any atom is 0.0457 e. The van der Waals surface area contributed by atoms with Crippen LogP contribution in [0.2, 0.25) is 0 Å². The maximum absolute atomic E-state index is 5.69. The Morgan fingerprint density at radius 3 is 3.11 bits per heavy atom. The number of fused-ring (bicyclic) bond motifs is 1. The standard InChI is InChI=1S/C16H23N3/c17-8-7-13-4-3-9-19(11-13)12-14-10-18-16-6-2-1-5-15(14)16/h1-2,5-6,10,13,18H,3-4,7-9,11-12,17H2. The minimum absolute atomic E-state index is 0.795. The van der Waals surface area contributed by atoms with Crippen molar-refractivity contribution in [3.8, 4) is 0 Å². The molecule has 102 valence electrons. The Hall–Kier alpha value is -1.32. The third-order valence-electron chi connectivity index (χ3n) is 4.25. The number of hydrogen-bond acceptors (Lipinski definition) is 2. The molecular weight excluding hydrogens is 234 g/mol. The zero-order valence-corrected chi connectivity index (χ0v) is 11.4. The predicted molar refractivity (Wildman–Crippen MR) is 80.0 cm³/mol. The Bertz CT molecular complexity index is 530. The molecule has 0 bridgehead atoms. The highest BCUT2D eigenvalue weighted by atomic mass is 15.1. The number of likely N-dealkylation sites (tertiary alicyclic amines) is 1. The third kappa shape index (κ3) is 2.82. The quantitative estimate of drug-likeness (QED) is 0.884. The number of piperidine rings is 1. The highest BCUT2D eigenvalue weighted by Gasteiger charge is 2.19. The number of benzene rings is 1. The maximum atomic E-state index is 5.69. The Labute approximate surface area is 114 Å². The minimum Gasteiger partial charge on any atom is -0.361 e. The van der Waals surface area contributed by atoms with E-state index < -0.39 is 0 Å². The van der Waals surface area contributed by atoms with Gasteiger partial charge >= 0.3 is 0 Å². The molecule has 3 nitrogen and oxygen atoms in total. The molecule has 0 amide bonds. The number of nitrogens with zero attached hydrogens (tertiary/aromatic N) is 1. The second-order valence-electron chi connectivity index (χ2n) is 5.68. The van der Waals surface area contributed by atoms with Gasteiger partial charge in [-0.1, -0.05) is 18.2 Å². The number of para-hydroxylation sites is 1. The van der Waals surface area contributed by atoms with Gasteiger partial charge in [0.1, 0.15) is 0 Å². The summed E-state index contributed by atoms with van der Waals surface area (Å²) in [6.45, 7) is 4.31. The van der Waals surface area contributed by atoms with Gasteiger partial charge in [-0.25, -0.2) is 0 Å². The van der Waals surface area contributed by atoms with E-state index in [9.17, 15) is 0 Å². The van der Waals surface area contributed by atoms with E-state index in [4.69, 9.17) is 5.73 Å². The average Bonchev–Trinajstić information content (AvgIpc) is 2.83. The number of H-pyrrole nitrogens is 1. The van der Waals surface area contributed by atoms with Crippen molar-refractivity contribution >= 4 is 10.9 Å². The first-order chi connectivity index (χ1) is 9.36. The van der Waals surface area contributed by atoms with Crippen LogP contribution in [0.5, 0.6) is 0 Å². The van der Waals surface area contributed by atoms with Crippen LogP contribution in [-0.4, -0.2) is 29.5 Å². The van der Waals surface area contributed by atoms with E-state index >= 15 is 0 Å². The third-order valence-corrected chi connectivity index (χ3v) is 4.25. The van der Waals surface area contributed by atoms with E-state index in [2.05, 4.69) is 40.3 Å². The smallest absolute Gasteiger partial charge is 0.0457 e. The molecule has 0 saturated carbocycles. The lowest BCUT2D eigenvalue weighted by molar-refractivity contribution is 0.163. The molecule has 0 spiro atoms. The van der Waals surface area contributed by atoms with Crippen LogP contribution in [0, 0.1) is 5.92 Å². The molecule has 0 aliphatic carbocycles.